The second-order valence-corrected chi connectivity index (χ2v) is 6.51. The van der Waals surface area contributed by atoms with Crippen LogP contribution in [0.1, 0.15) is 40.0 Å². The number of benzene rings is 2. The fourth-order valence-electron chi connectivity index (χ4n) is 3.00. The van der Waals surface area contributed by atoms with E-state index < -0.39 is 0 Å². The Kier molecular flexibility index (Phi) is 6.84. The quantitative estimate of drug-likeness (QED) is 0.348. The number of rotatable bonds is 10. The number of methoxy groups -OCH3 is 1. The van der Waals surface area contributed by atoms with Gasteiger partial charge in [0.1, 0.15) is 11.5 Å². The summed E-state index contributed by atoms with van der Waals surface area (Å²) in [5.74, 6) is 0.508. The molecule has 0 spiro atoms. The van der Waals surface area contributed by atoms with E-state index in [0.29, 0.717) is 36.3 Å². The van der Waals surface area contributed by atoms with Crippen molar-refractivity contribution in [2.24, 2.45) is 0 Å². The summed E-state index contributed by atoms with van der Waals surface area (Å²) in [5.41, 5.74) is 0.890. The third-order valence-electron chi connectivity index (χ3n) is 4.55. The van der Waals surface area contributed by atoms with Gasteiger partial charge in [0, 0.05) is 6.54 Å². The van der Waals surface area contributed by atoms with Crippen LogP contribution >= 0.6 is 0 Å². The van der Waals surface area contributed by atoms with E-state index >= 15 is 0 Å². The Morgan fingerprint density at radius 3 is 2.10 bits per heavy atom. The molecule has 0 unspecified atom stereocenters. The van der Waals surface area contributed by atoms with Crippen molar-refractivity contribution in [3.8, 4) is 11.5 Å². The van der Waals surface area contributed by atoms with Crippen LogP contribution in [0.25, 0.3) is 0 Å². The van der Waals surface area contributed by atoms with Crippen LogP contribution in [0.4, 0.5) is 0 Å². The van der Waals surface area contributed by atoms with Crippen molar-refractivity contribution >= 4 is 17.8 Å². The first-order valence-electron chi connectivity index (χ1n) is 9.48. The van der Waals surface area contributed by atoms with Crippen molar-refractivity contribution in [1.29, 1.82) is 0 Å². The number of amides is 2. The largest absolute Gasteiger partial charge is 0.497 e. The van der Waals surface area contributed by atoms with Crippen molar-refractivity contribution in [2.45, 2.75) is 19.3 Å². The molecule has 0 aromatic heterocycles. The van der Waals surface area contributed by atoms with Gasteiger partial charge < -0.3 is 14.2 Å². The highest BCUT2D eigenvalue weighted by molar-refractivity contribution is 6.21. The Hall–Kier alpha value is -3.35. The molecule has 152 valence electrons. The van der Waals surface area contributed by atoms with E-state index in [9.17, 15) is 14.4 Å². The number of ether oxygens (including phenoxy) is 3. The van der Waals surface area contributed by atoms with Crippen LogP contribution in [-0.2, 0) is 9.53 Å². The molecule has 0 N–H and O–H groups in total. The molecular formula is C22H23NO6. The minimum absolute atomic E-state index is 0.143. The molecule has 0 saturated carbocycles. The van der Waals surface area contributed by atoms with Gasteiger partial charge in [-0.2, -0.15) is 0 Å². The van der Waals surface area contributed by atoms with E-state index in [-0.39, 0.29) is 37.4 Å². The first-order chi connectivity index (χ1) is 14.1. The van der Waals surface area contributed by atoms with Gasteiger partial charge in [-0.15, -0.1) is 0 Å². The Bertz CT molecular complexity index is 842. The number of hydrogen-bond acceptors (Lipinski definition) is 6. The molecule has 1 heterocycles. The first-order valence-corrected chi connectivity index (χ1v) is 9.48. The maximum absolute atomic E-state index is 12.2. The number of unbranched alkanes of at least 4 members (excludes halogenated alkanes) is 1. The summed E-state index contributed by atoms with van der Waals surface area (Å²) >= 11 is 0. The van der Waals surface area contributed by atoms with Crippen LogP contribution < -0.4 is 9.47 Å². The zero-order valence-corrected chi connectivity index (χ0v) is 16.3. The summed E-state index contributed by atoms with van der Waals surface area (Å²) in [7, 11) is 1.59. The normalized spacial score (nSPS) is 12.7. The molecule has 3 rings (SSSR count). The zero-order chi connectivity index (χ0) is 20.6. The predicted octanol–water partition coefficient (Wildman–Crippen LogP) is 3.08. The van der Waals surface area contributed by atoms with E-state index in [4.69, 9.17) is 14.2 Å². The van der Waals surface area contributed by atoms with Gasteiger partial charge >= 0.3 is 5.97 Å². The Labute approximate surface area is 169 Å². The van der Waals surface area contributed by atoms with Crippen LogP contribution in [-0.4, -0.2) is 49.6 Å². The Morgan fingerprint density at radius 1 is 0.862 bits per heavy atom. The standard InChI is InChI=1S/C22H23NO6/c1-27-16-8-10-17(11-9-16)28-15-12-20(24)29-14-5-4-13-23-21(25)18-6-2-3-7-19(18)22(23)26/h2-3,6-11H,4-5,12-15H2,1H3. The second-order valence-electron chi connectivity index (χ2n) is 6.51. The first kappa shape index (κ1) is 20.4. The molecular weight excluding hydrogens is 374 g/mol. The molecule has 7 heteroatoms. The van der Waals surface area contributed by atoms with Gasteiger partial charge in [0.15, 0.2) is 0 Å². The van der Waals surface area contributed by atoms with Crippen LogP contribution in [0.2, 0.25) is 0 Å². The number of imide groups is 1. The fourth-order valence-corrected chi connectivity index (χ4v) is 3.00. The molecule has 1 aliphatic heterocycles. The lowest BCUT2D eigenvalue weighted by Crippen LogP contribution is -2.30. The maximum Gasteiger partial charge on any atom is 0.309 e. The summed E-state index contributed by atoms with van der Waals surface area (Å²) in [5, 5.41) is 0. The zero-order valence-electron chi connectivity index (χ0n) is 16.3. The summed E-state index contributed by atoms with van der Waals surface area (Å²) in [4.78, 5) is 37.5. The lowest BCUT2D eigenvalue weighted by molar-refractivity contribution is -0.144. The fraction of sp³-hybridized carbons (Fsp3) is 0.318. The molecule has 2 aromatic rings. The topological polar surface area (TPSA) is 82.1 Å². The van der Waals surface area contributed by atoms with E-state index in [0.717, 1.165) is 5.75 Å². The number of hydrogen-bond donors (Lipinski definition) is 0. The smallest absolute Gasteiger partial charge is 0.309 e. The van der Waals surface area contributed by atoms with Crippen molar-refractivity contribution < 1.29 is 28.6 Å². The average Bonchev–Trinajstić information content (AvgIpc) is 2.99. The number of carbonyl (C=O) groups excluding carboxylic acids is 3. The number of fused-ring (bicyclic) bond motifs is 1. The van der Waals surface area contributed by atoms with E-state index in [1.165, 1.54) is 4.90 Å². The van der Waals surface area contributed by atoms with Gasteiger partial charge in [-0.1, -0.05) is 12.1 Å². The highest BCUT2D eigenvalue weighted by Gasteiger charge is 2.34. The number of esters is 1. The highest BCUT2D eigenvalue weighted by atomic mass is 16.5. The van der Waals surface area contributed by atoms with Crippen molar-refractivity contribution in [3.05, 3.63) is 59.7 Å². The molecule has 7 nitrogen and oxygen atoms in total. The molecule has 0 saturated heterocycles. The van der Waals surface area contributed by atoms with E-state index in [2.05, 4.69) is 0 Å². The van der Waals surface area contributed by atoms with Gasteiger partial charge in [-0.05, 0) is 49.2 Å². The molecule has 29 heavy (non-hydrogen) atoms. The van der Waals surface area contributed by atoms with Crippen molar-refractivity contribution in [3.63, 3.8) is 0 Å². The minimum Gasteiger partial charge on any atom is -0.497 e. The maximum atomic E-state index is 12.2. The SMILES string of the molecule is COc1ccc(OCCC(=O)OCCCCN2C(=O)c3ccccc3C2=O)cc1. The van der Waals surface area contributed by atoms with Crippen LogP contribution in [0.5, 0.6) is 11.5 Å². The lowest BCUT2D eigenvalue weighted by Gasteiger charge is -2.13. The molecule has 0 aliphatic carbocycles. The van der Waals surface area contributed by atoms with Gasteiger partial charge in [0.2, 0.25) is 0 Å². The van der Waals surface area contributed by atoms with Gasteiger partial charge in [-0.3, -0.25) is 19.3 Å². The van der Waals surface area contributed by atoms with E-state index in [1.807, 2.05) is 0 Å². The molecule has 0 bridgehead atoms. The highest BCUT2D eigenvalue weighted by Crippen LogP contribution is 2.22. The summed E-state index contributed by atoms with van der Waals surface area (Å²) in [6.07, 6.45) is 1.28. The third-order valence-corrected chi connectivity index (χ3v) is 4.55. The molecule has 0 fully saturated rings. The van der Waals surface area contributed by atoms with Crippen LogP contribution in [0, 0.1) is 0 Å². The third kappa shape index (κ3) is 5.13. The molecule has 0 radical (unpaired) electrons. The molecule has 1 aliphatic rings. The van der Waals surface area contributed by atoms with Crippen LogP contribution in [0.15, 0.2) is 48.5 Å². The molecule has 2 aromatic carbocycles. The van der Waals surface area contributed by atoms with Crippen molar-refractivity contribution in [2.75, 3.05) is 26.9 Å². The Morgan fingerprint density at radius 2 is 1.48 bits per heavy atom. The second kappa shape index (κ2) is 9.73. The van der Waals surface area contributed by atoms with Crippen molar-refractivity contribution in [1.82, 2.24) is 4.90 Å². The van der Waals surface area contributed by atoms with Gasteiger partial charge in [0.05, 0.1) is 37.9 Å². The van der Waals surface area contributed by atoms with Crippen LogP contribution in [0.3, 0.4) is 0 Å². The van der Waals surface area contributed by atoms with Gasteiger partial charge in [0.25, 0.3) is 11.8 Å². The average molecular weight is 397 g/mol. The number of carbonyl (C=O) groups is 3. The van der Waals surface area contributed by atoms with Gasteiger partial charge in [-0.25, -0.2) is 0 Å². The lowest BCUT2D eigenvalue weighted by atomic mass is 10.1. The Balaban J connectivity index is 1.29. The molecule has 2 amide bonds. The summed E-state index contributed by atoms with van der Waals surface area (Å²) in [6, 6.07) is 13.9. The molecule has 0 atom stereocenters. The van der Waals surface area contributed by atoms with E-state index in [1.54, 1.807) is 55.6 Å². The predicted molar refractivity (Wildman–Crippen MR) is 105 cm³/mol. The minimum atomic E-state index is -0.348. The number of nitrogens with zero attached hydrogens (tertiary/aromatic N) is 1. The summed E-state index contributed by atoms with van der Waals surface area (Å²) in [6.45, 7) is 0.773. The monoisotopic (exact) mass is 397 g/mol. The summed E-state index contributed by atoms with van der Waals surface area (Å²) < 4.78 is 15.7.